The van der Waals surface area contributed by atoms with Crippen LogP contribution in [0.5, 0.6) is 0 Å². The second-order valence-corrected chi connectivity index (χ2v) is 8.33. The van der Waals surface area contributed by atoms with Gasteiger partial charge in [-0.2, -0.15) is 5.26 Å². The number of amides is 1. The van der Waals surface area contributed by atoms with Crippen LogP contribution in [0, 0.1) is 23.2 Å². The fourth-order valence-corrected chi connectivity index (χ4v) is 5.78. The summed E-state index contributed by atoms with van der Waals surface area (Å²) in [5.41, 5.74) is -0.411. The third-order valence-electron chi connectivity index (χ3n) is 6.66. The molecule has 1 aromatic carbocycles. The predicted octanol–water partition coefficient (Wildman–Crippen LogP) is 2.22. The zero-order chi connectivity index (χ0) is 18.3. The molecule has 5 rings (SSSR count). The number of nitrogens with zero attached hydrogens (tertiary/aromatic N) is 2. The quantitative estimate of drug-likeness (QED) is 0.815. The summed E-state index contributed by atoms with van der Waals surface area (Å²) in [6.45, 7) is 2.38. The molecule has 6 atom stereocenters. The number of aliphatic hydroxyl groups is 1. The molecule has 1 aromatic rings. The summed E-state index contributed by atoms with van der Waals surface area (Å²) in [6.07, 6.45) is 1.06. The third kappa shape index (κ3) is 1.84. The van der Waals surface area contributed by atoms with Crippen LogP contribution < -0.4 is 4.90 Å². The molecule has 1 unspecified atom stereocenters. The Morgan fingerprint density at radius 1 is 1.46 bits per heavy atom. The largest absolute Gasteiger partial charge is 0.390 e. The Bertz CT molecular complexity index is 854. The molecule has 4 aliphatic rings. The van der Waals surface area contributed by atoms with Crippen molar-refractivity contribution in [3.05, 3.63) is 28.8 Å². The number of carbonyl (C=O) groups excluding carboxylic acids is 1. The van der Waals surface area contributed by atoms with Crippen molar-refractivity contribution < 1.29 is 19.4 Å². The molecule has 0 aliphatic carbocycles. The normalized spacial score (nSPS) is 43.3. The van der Waals surface area contributed by atoms with Crippen molar-refractivity contribution in [2.45, 2.75) is 49.7 Å². The fourth-order valence-electron chi connectivity index (χ4n) is 5.56. The molecule has 26 heavy (non-hydrogen) atoms. The number of halogens is 1. The van der Waals surface area contributed by atoms with Gasteiger partial charge >= 0.3 is 0 Å². The van der Waals surface area contributed by atoms with E-state index in [1.54, 1.807) is 23.1 Å². The molecule has 4 aliphatic heterocycles. The van der Waals surface area contributed by atoms with Crippen LogP contribution in [-0.4, -0.2) is 41.2 Å². The average molecular weight is 375 g/mol. The molecule has 1 spiro atoms. The average Bonchev–Trinajstić information content (AvgIpc) is 3.08. The van der Waals surface area contributed by atoms with E-state index < -0.39 is 29.5 Å². The smallest absolute Gasteiger partial charge is 0.235 e. The Balaban J connectivity index is 1.63. The highest BCUT2D eigenvalue weighted by Crippen LogP contribution is 2.64. The minimum absolute atomic E-state index is 0.106. The van der Waals surface area contributed by atoms with E-state index in [9.17, 15) is 9.90 Å². The maximum Gasteiger partial charge on any atom is 0.235 e. The standard InChI is InChI=1S/C19H19ClN2O4/c1-18-13(23)8-19(26-18)5-2-6-25-17-15(19)14(18)16(24)22(17)11-4-3-10(9-21)12(20)7-11/h3-4,7,13-15,17,23H,2,5-6,8H2,1H3/t13-,14-,15?,17+,18-,19+/m0/s1. The van der Waals surface area contributed by atoms with Crippen LogP contribution in [0.25, 0.3) is 0 Å². The molecule has 1 amide bonds. The first kappa shape index (κ1) is 16.5. The second kappa shape index (κ2) is 5.20. The van der Waals surface area contributed by atoms with E-state index in [0.717, 1.165) is 12.8 Å². The Hall–Kier alpha value is -1.65. The van der Waals surface area contributed by atoms with Crippen LogP contribution in [0.15, 0.2) is 18.2 Å². The van der Waals surface area contributed by atoms with E-state index >= 15 is 0 Å². The van der Waals surface area contributed by atoms with E-state index in [0.29, 0.717) is 29.3 Å². The van der Waals surface area contributed by atoms with Gasteiger partial charge in [0.1, 0.15) is 17.9 Å². The van der Waals surface area contributed by atoms with Gasteiger partial charge in [-0.15, -0.1) is 0 Å². The summed E-state index contributed by atoms with van der Waals surface area (Å²) >= 11 is 6.20. The Morgan fingerprint density at radius 3 is 3.00 bits per heavy atom. The molecule has 0 aromatic heterocycles. The summed E-state index contributed by atoms with van der Waals surface area (Å²) < 4.78 is 12.5. The molecule has 4 heterocycles. The minimum Gasteiger partial charge on any atom is -0.390 e. The number of hydrogen-bond donors (Lipinski definition) is 1. The Labute approximate surface area is 156 Å². The number of ether oxygens (including phenoxy) is 2. The topological polar surface area (TPSA) is 82.8 Å². The van der Waals surface area contributed by atoms with Crippen LogP contribution in [0.1, 0.15) is 31.7 Å². The van der Waals surface area contributed by atoms with Gasteiger partial charge in [0.25, 0.3) is 0 Å². The number of carbonyl (C=O) groups is 1. The molecule has 2 bridgehead atoms. The molecular weight excluding hydrogens is 356 g/mol. The van der Waals surface area contributed by atoms with Crippen molar-refractivity contribution >= 4 is 23.2 Å². The lowest BCUT2D eigenvalue weighted by molar-refractivity contribution is -0.132. The summed E-state index contributed by atoms with van der Waals surface area (Å²) in [6, 6.07) is 7.02. The Kier molecular flexibility index (Phi) is 3.31. The molecule has 0 radical (unpaired) electrons. The van der Waals surface area contributed by atoms with Gasteiger partial charge in [0.2, 0.25) is 5.91 Å². The van der Waals surface area contributed by atoms with E-state index in [4.69, 9.17) is 26.3 Å². The van der Waals surface area contributed by atoms with Gasteiger partial charge < -0.3 is 14.6 Å². The third-order valence-corrected chi connectivity index (χ3v) is 6.97. The first-order valence-corrected chi connectivity index (χ1v) is 9.32. The molecule has 1 N–H and O–H groups in total. The number of rotatable bonds is 1. The molecule has 4 saturated heterocycles. The first-order valence-electron chi connectivity index (χ1n) is 8.94. The van der Waals surface area contributed by atoms with E-state index in [1.807, 2.05) is 13.0 Å². The zero-order valence-electron chi connectivity index (χ0n) is 14.3. The van der Waals surface area contributed by atoms with Crippen LogP contribution in [-0.2, 0) is 14.3 Å². The van der Waals surface area contributed by atoms with E-state index in [-0.39, 0.29) is 11.8 Å². The van der Waals surface area contributed by atoms with Crippen LogP contribution >= 0.6 is 11.6 Å². The number of fused-ring (bicyclic) bond motifs is 2. The van der Waals surface area contributed by atoms with Gasteiger partial charge in [-0.05, 0) is 38.0 Å². The maximum atomic E-state index is 13.4. The van der Waals surface area contributed by atoms with Crippen LogP contribution in [0.3, 0.4) is 0 Å². The van der Waals surface area contributed by atoms with Crippen molar-refractivity contribution in [1.29, 1.82) is 5.26 Å². The number of anilines is 1. The van der Waals surface area contributed by atoms with Crippen molar-refractivity contribution in [2.24, 2.45) is 11.8 Å². The monoisotopic (exact) mass is 374 g/mol. The lowest BCUT2D eigenvalue weighted by atomic mass is 9.65. The van der Waals surface area contributed by atoms with Crippen molar-refractivity contribution in [1.82, 2.24) is 0 Å². The summed E-state index contributed by atoms with van der Waals surface area (Å²) in [7, 11) is 0. The van der Waals surface area contributed by atoms with E-state index in [1.165, 1.54) is 0 Å². The predicted molar refractivity (Wildman–Crippen MR) is 92.5 cm³/mol. The van der Waals surface area contributed by atoms with Gasteiger partial charge in [0.15, 0.2) is 0 Å². The lowest BCUT2D eigenvalue weighted by Crippen LogP contribution is -2.49. The second-order valence-electron chi connectivity index (χ2n) is 7.92. The van der Waals surface area contributed by atoms with Crippen LogP contribution in [0.4, 0.5) is 5.69 Å². The zero-order valence-corrected chi connectivity index (χ0v) is 15.1. The van der Waals surface area contributed by atoms with Gasteiger partial charge in [-0.1, -0.05) is 11.6 Å². The number of nitriles is 1. The van der Waals surface area contributed by atoms with Gasteiger partial charge in [-0.25, -0.2) is 0 Å². The highest BCUT2D eigenvalue weighted by molar-refractivity contribution is 6.32. The van der Waals surface area contributed by atoms with Gasteiger partial charge in [0.05, 0.1) is 28.2 Å². The minimum atomic E-state index is -0.883. The molecule has 4 fully saturated rings. The molecule has 6 nitrogen and oxygen atoms in total. The highest BCUT2D eigenvalue weighted by atomic mass is 35.5. The summed E-state index contributed by atoms with van der Waals surface area (Å²) in [4.78, 5) is 15.0. The SMILES string of the molecule is C[C@@]12O[C@]3(CCCO[C@@H]4C3[C@H]1C(=O)N4c1ccc(C#N)c(Cl)c1)C[C@@H]2O. The van der Waals surface area contributed by atoms with Crippen LogP contribution in [0.2, 0.25) is 5.02 Å². The fraction of sp³-hybridized carbons (Fsp3) is 0.579. The lowest BCUT2D eigenvalue weighted by Gasteiger charge is -2.35. The first-order chi connectivity index (χ1) is 12.4. The number of benzene rings is 1. The molecule has 136 valence electrons. The van der Waals surface area contributed by atoms with E-state index in [2.05, 4.69) is 0 Å². The maximum absolute atomic E-state index is 13.4. The Morgan fingerprint density at radius 2 is 2.27 bits per heavy atom. The summed E-state index contributed by atoms with van der Waals surface area (Å²) in [5, 5.41) is 20.0. The molecule has 0 saturated carbocycles. The van der Waals surface area contributed by atoms with Crippen molar-refractivity contribution in [3.8, 4) is 6.07 Å². The molecular formula is C19H19ClN2O4. The molecule has 7 heteroatoms. The van der Waals surface area contributed by atoms with Gasteiger partial charge in [-0.3, -0.25) is 9.69 Å². The number of hydrogen-bond acceptors (Lipinski definition) is 5. The highest BCUT2D eigenvalue weighted by Gasteiger charge is 2.77. The van der Waals surface area contributed by atoms with Gasteiger partial charge in [0, 0.05) is 24.6 Å². The van der Waals surface area contributed by atoms with Crippen molar-refractivity contribution in [3.63, 3.8) is 0 Å². The van der Waals surface area contributed by atoms with Crippen molar-refractivity contribution in [2.75, 3.05) is 11.5 Å². The number of aliphatic hydroxyl groups excluding tert-OH is 1. The summed E-state index contributed by atoms with van der Waals surface area (Å²) in [5.74, 6) is -0.658.